The van der Waals surface area contributed by atoms with Crippen molar-refractivity contribution in [3.8, 4) is 0 Å². The van der Waals surface area contributed by atoms with Crippen LogP contribution in [0.4, 0.5) is 13.6 Å². The molecule has 122 valence electrons. The number of carbonyl (C=O) groups excluding carboxylic acids is 1. The van der Waals surface area contributed by atoms with Gasteiger partial charge in [-0.3, -0.25) is 0 Å². The van der Waals surface area contributed by atoms with Crippen LogP contribution in [0.5, 0.6) is 0 Å². The first kappa shape index (κ1) is 16.9. The van der Waals surface area contributed by atoms with E-state index in [9.17, 15) is 13.6 Å². The van der Waals surface area contributed by atoms with E-state index in [0.717, 1.165) is 23.3 Å². The Balaban J connectivity index is 1.98. The van der Waals surface area contributed by atoms with E-state index in [1.54, 1.807) is 6.92 Å². The average Bonchev–Trinajstić information content (AvgIpc) is 2.50. The molecule has 2 N–H and O–H groups in total. The molecule has 0 aliphatic rings. The minimum Gasteiger partial charge on any atom is -0.332 e. The first-order chi connectivity index (χ1) is 10.9. The predicted octanol–water partition coefficient (Wildman–Crippen LogP) is 4.39. The molecule has 0 saturated carbocycles. The highest BCUT2D eigenvalue weighted by Crippen LogP contribution is 2.18. The number of carbonyl (C=O) groups is 1. The highest BCUT2D eigenvalue weighted by atomic mass is 19.2. The van der Waals surface area contributed by atoms with E-state index in [0.29, 0.717) is 5.56 Å². The Morgan fingerprint density at radius 3 is 2.26 bits per heavy atom. The summed E-state index contributed by atoms with van der Waals surface area (Å²) in [5.74, 6) is -1.83. The molecule has 0 saturated heterocycles. The van der Waals surface area contributed by atoms with Gasteiger partial charge in [-0.05, 0) is 49.6 Å². The number of hydrogen-bond acceptors (Lipinski definition) is 1. The van der Waals surface area contributed by atoms with E-state index < -0.39 is 17.7 Å². The zero-order valence-electron chi connectivity index (χ0n) is 13.4. The lowest BCUT2D eigenvalue weighted by Crippen LogP contribution is -2.38. The summed E-state index contributed by atoms with van der Waals surface area (Å²) in [7, 11) is 0. The fourth-order valence-electron chi connectivity index (χ4n) is 2.45. The number of aryl methyl sites for hydroxylation is 1. The van der Waals surface area contributed by atoms with E-state index in [2.05, 4.69) is 10.6 Å². The van der Waals surface area contributed by atoms with E-state index in [-0.39, 0.29) is 12.1 Å². The van der Waals surface area contributed by atoms with Crippen LogP contribution in [0.2, 0.25) is 0 Å². The molecular weight excluding hydrogens is 298 g/mol. The third-order valence-corrected chi connectivity index (χ3v) is 3.79. The summed E-state index contributed by atoms with van der Waals surface area (Å²) in [6, 6.07) is 10.4. The average molecular weight is 318 g/mol. The minimum atomic E-state index is -0.926. The first-order valence-corrected chi connectivity index (χ1v) is 7.46. The predicted molar refractivity (Wildman–Crippen MR) is 86.0 cm³/mol. The van der Waals surface area contributed by atoms with Crippen molar-refractivity contribution in [2.45, 2.75) is 32.9 Å². The van der Waals surface area contributed by atoms with Gasteiger partial charge in [0.25, 0.3) is 0 Å². The zero-order valence-corrected chi connectivity index (χ0v) is 13.4. The Morgan fingerprint density at radius 2 is 1.61 bits per heavy atom. The van der Waals surface area contributed by atoms with Crippen LogP contribution in [0.3, 0.4) is 0 Å². The van der Waals surface area contributed by atoms with Gasteiger partial charge in [0, 0.05) is 0 Å². The molecule has 23 heavy (non-hydrogen) atoms. The molecule has 0 heterocycles. The summed E-state index contributed by atoms with van der Waals surface area (Å²) in [5.41, 5.74) is 2.62. The van der Waals surface area contributed by atoms with Gasteiger partial charge in [-0.1, -0.05) is 30.3 Å². The van der Waals surface area contributed by atoms with Crippen molar-refractivity contribution in [2.75, 3.05) is 0 Å². The molecule has 2 unspecified atom stereocenters. The lowest BCUT2D eigenvalue weighted by Gasteiger charge is -2.20. The van der Waals surface area contributed by atoms with Crippen LogP contribution in [0.15, 0.2) is 42.5 Å². The Morgan fingerprint density at radius 1 is 0.957 bits per heavy atom. The SMILES string of the molecule is Cc1ccccc1C(C)NC(=O)NC(C)c1ccc(F)c(F)c1. The standard InChI is InChI=1S/C18H20F2N2O/c1-11-6-4-5-7-15(11)13(3)22-18(23)21-12(2)14-8-9-16(19)17(20)10-14/h4-10,12-13H,1-3H3,(H2,21,22,23). The van der Waals surface area contributed by atoms with Gasteiger partial charge in [-0.25, -0.2) is 13.6 Å². The maximum atomic E-state index is 13.2. The molecule has 2 amide bonds. The normalized spacial score (nSPS) is 13.3. The van der Waals surface area contributed by atoms with E-state index in [1.165, 1.54) is 6.07 Å². The summed E-state index contributed by atoms with van der Waals surface area (Å²) >= 11 is 0. The highest BCUT2D eigenvalue weighted by Gasteiger charge is 2.15. The van der Waals surface area contributed by atoms with E-state index >= 15 is 0 Å². The lowest BCUT2D eigenvalue weighted by atomic mass is 10.0. The topological polar surface area (TPSA) is 41.1 Å². The molecule has 2 atom stereocenters. The molecule has 3 nitrogen and oxygen atoms in total. The summed E-state index contributed by atoms with van der Waals surface area (Å²) in [6.07, 6.45) is 0. The van der Waals surface area contributed by atoms with Gasteiger partial charge in [0.05, 0.1) is 12.1 Å². The summed E-state index contributed by atoms with van der Waals surface area (Å²) in [4.78, 5) is 12.1. The summed E-state index contributed by atoms with van der Waals surface area (Å²) in [6.45, 7) is 5.59. The molecule has 0 spiro atoms. The number of urea groups is 1. The minimum absolute atomic E-state index is 0.159. The molecular formula is C18H20F2N2O. The monoisotopic (exact) mass is 318 g/mol. The fraction of sp³-hybridized carbons (Fsp3) is 0.278. The number of nitrogens with one attached hydrogen (secondary N) is 2. The van der Waals surface area contributed by atoms with Crippen molar-refractivity contribution in [1.82, 2.24) is 10.6 Å². The van der Waals surface area contributed by atoms with E-state index in [4.69, 9.17) is 0 Å². The number of benzene rings is 2. The third kappa shape index (κ3) is 4.28. The second-order valence-corrected chi connectivity index (χ2v) is 5.59. The molecule has 0 aliphatic carbocycles. The van der Waals surface area contributed by atoms with Crippen molar-refractivity contribution in [1.29, 1.82) is 0 Å². The van der Waals surface area contributed by atoms with Gasteiger partial charge in [0.1, 0.15) is 0 Å². The molecule has 0 fully saturated rings. The number of amides is 2. The zero-order chi connectivity index (χ0) is 17.0. The fourth-order valence-corrected chi connectivity index (χ4v) is 2.45. The van der Waals surface area contributed by atoms with Crippen molar-refractivity contribution >= 4 is 6.03 Å². The van der Waals surface area contributed by atoms with Gasteiger partial charge < -0.3 is 10.6 Å². The van der Waals surface area contributed by atoms with Crippen molar-refractivity contribution in [3.63, 3.8) is 0 Å². The Kier molecular flexibility index (Phi) is 5.32. The molecule has 2 aromatic rings. The molecule has 0 radical (unpaired) electrons. The van der Waals surface area contributed by atoms with Crippen LogP contribution in [0.25, 0.3) is 0 Å². The van der Waals surface area contributed by atoms with E-state index in [1.807, 2.05) is 38.1 Å². The number of rotatable bonds is 4. The van der Waals surface area contributed by atoms with Gasteiger partial charge in [-0.2, -0.15) is 0 Å². The molecule has 5 heteroatoms. The quantitative estimate of drug-likeness (QED) is 0.862. The maximum Gasteiger partial charge on any atom is 0.315 e. The molecule has 0 bridgehead atoms. The van der Waals surface area contributed by atoms with Gasteiger partial charge in [-0.15, -0.1) is 0 Å². The number of halogens is 2. The van der Waals surface area contributed by atoms with Gasteiger partial charge in [0.2, 0.25) is 0 Å². The highest BCUT2D eigenvalue weighted by molar-refractivity contribution is 5.75. The van der Waals surface area contributed by atoms with Crippen LogP contribution < -0.4 is 10.6 Å². The Bertz CT molecular complexity index is 703. The summed E-state index contributed by atoms with van der Waals surface area (Å²) < 4.78 is 26.2. The Hall–Kier alpha value is -2.43. The van der Waals surface area contributed by atoms with Crippen molar-refractivity contribution < 1.29 is 13.6 Å². The van der Waals surface area contributed by atoms with Crippen molar-refractivity contribution in [2.24, 2.45) is 0 Å². The van der Waals surface area contributed by atoms with Gasteiger partial charge >= 0.3 is 6.03 Å². The van der Waals surface area contributed by atoms with Crippen LogP contribution >= 0.6 is 0 Å². The van der Waals surface area contributed by atoms with Crippen LogP contribution in [-0.2, 0) is 0 Å². The van der Waals surface area contributed by atoms with Gasteiger partial charge in [0.15, 0.2) is 11.6 Å². The second-order valence-electron chi connectivity index (χ2n) is 5.59. The lowest BCUT2D eigenvalue weighted by molar-refractivity contribution is 0.235. The Labute approximate surface area is 134 Å². The van der Waals surface area contributed by atoms with Crippen LogP contribution in [-0.4, -0.2) is 6.03 Å². The third-order valence-electron chi connectivity index (χ3n) is 3.79. The van der Waals surface area contributed by atoms with Crippen LogP contribution in [0.1, 0.15) is 42.6 Å². The molecule has 0 aromatic heterocycles. The first-order valence-electron chi connectivity index (χ1n) is 7.46. The number of hydrogen-bond donors (Lipinski definition) is 2. The molecule has 2 rings (SSSR count). The van der Waals surface area contributed by atoms with Crippen LogP contribution in [0, 0.1) is 18.6 Å². The second kappa shape index (κ2) is 7.22. The summed E-state index contributed by atoms with van der Waals surface area (Å²) in [5, 5.41) is 5.57. The smallest absolute Gasteiger partial charge is 0.315 e. The maximum absolute atomic E-state index is 13.2. The van der Waals surface area contributed by atoms with Crippen molar-refractivity contribution in [3.05, 3.63) is 70.8 Å². The largest absolute Gasteiger partial charge is 0.332 e. The molecule has 0 aliphatic heterocycles. The molecule has 2 aromatic carbocycles.